The molecule has 0 aromatic carbocycles. The monoisotopic (exact) mass is 138 g/mol. The van der Waals surface area contributed by atoms with Gasteiger partial charge in [-0.25, -0.2) is 4.98 Å². The van der Waals surface area contributed by atoms with Crippen molar-refractivity contribution in [3.63, 3.8) is 0 Å². The summed E-state index contributed by atoms with van der Waals surface area (Å²) in [4.78, 5) is 4.11. The molecular weight excluding hydrogens is 128 g/mol. The molecule has 0 saturated carbocycles. The molecule has 2 heterocycles. The highest BCUT2D eigenvalue weighted by Gasteiger charge is 2.18. The third-order valence-electron chi connectivity index (χ3n) is 1.89. The number of rotatable bonds is 0. The Labute approximate surface area is 59.4 Å². The summed E-state index contributed by atoms with van der Waals surface area (Å²) in [5.41, 5.74) is 1.08. The fourth-order valence-corrected chi connectivity index (χ4v) is 1.32. The van der Waals surface area contributed by atoms with E-state index in [4.69, 9.17) is 4.42 Å². The Kier molecular flexibility index (Phi) is 1.24. The molecule has 3 heteroatoms. The molecule has 1 N–H and O–H groups in total. The molecule has 0 radical (unpaired) electrons. The maximum absolute atomic E-state index is 5.18. The van der Waals surface area contributed by atoms with Crippen LogP contribution in [-0.4, -0.2) is 11.5 Å². The largest absolute Gasteiger partial charge is 0.448 e. The average Bonchev–Trinajstić information content (AvgIpc) is 2.36. The van der Waals surface area contributed by atoms with E-state index in [1.807, 2.05) is 0 Å². The van der Waals surface area contributed by atoms with Gasteiger partial charge >= 0.3 is 0 Å². The number of fused-ring (bicyclic) bond motifs is 1. The van der Waals surface area contributed by atoms with Gasteiger partial charge in [0.1, 0.15) is 5.76 Å². The molecule has 1 aromatic heterocycles. The Bertz CT molecular complexity index is 231. The summed E-state index contributed by atoms with van der Waals surface area (Å²) in [6.45, 7) is 3.10. The fourth-order valence-electron chi connectivity index (χ4n) is 1.32. The van der Waals surface area contributed by atoms with Gasteiger partial charge < -0.3 is 9.73 Å². The van der Waals surface area contributed by atoms with Crippen molar-refractivity contribution in [2.45, 2.75) is 19.4 Å². The number of nitrogens with one attached hydrogen (secondary N) is 1. The van der Waals surface area contributed by atoms with E-state index in [1.54, 1.807) is 0 Å². The molecule has 1 atom stereocenters. The van der Waals surface area contributed by atoms with E-state index < -0.39 is 0 Å². The van der Waals surface area contributed by atoms with Gasteiger partial charge in [0.05, 0.1) is 11.7 Å². The molecular formula is C7H10N2O. The molecule has 1 unspecified atom stereocenters. The molecule has 1 aliphatic rings. The highest BCUT2D eigenvalue weighted by atomic mass is 16.3. The van der Waals surface area contributed by atoms with Gasteiger partial charge in [0.15, 0.2) is 6.39 Å². The van der Waals surface area contributed by atoms with Crippen LogP contribution in [0.2, 0.25) is 0 Å². The predicted octanol–water partition coefficient (Wildman–Crippen LogP) is 0.881. The lowest BCUT2D eigenvalue weighted by atomic mass is 10.1. The molecule has 3 nitrogen and oxygen atoms in total. The van der Waals surface area contributed by atoms with Crippen molar-refractivity contribution in [3.8, 4) is 0 Å². The molecule has 0 bridgehead atoms. The van der Waals surface area contributed by atoms with Crippen LogP contribution in [0.1, 0.15) is 24.4 Å². The Hall–Kier alpha value is -0.830. The van der Waals surface area contributed by atoms with Crippen LogP contribution >= 0.6 is 0 Å². The molecule has 1 aliphatic heterocycles. The molecule has 0 spiro atoms. The van der Waals surface area contributed by atoms with Crippen LogP contribution in [0.3, 0.4) is 0 Å². The summed E-state index contributed by atoms with van der Waals surface area (Å²) < 4.78 is 5.18. The van der Waals surface area contributed by atoms with Crippen molar-refractivity contribution in [2.24, 2.45) is 0 Å². The molecule has 0 amide bonds. The number of nitrogens with zero attached hydrogens (tertiary/aromatic N) is 1. The number of hydrogen-bond donors (Lipinski definition) is 1. The van der Waals surface area contributed by atoms with Crippen molar-refractivity contribution in [2.75, 3.05) is 6.54 Å². The highest BCUT2D eigenvalue weighted by Crippen LogP contribution is 2.19. The first-order chi connectivity index (χ1) is 4.88. The third kappa shape index (κ3) is 0.743. The van der Waals surface area contributed by atoms with E-state index in [-0.39, 0.29) is 0 Å². The van der Waals surface area contributed by atoms with Gasteiger partial charge in [0.25, 0.3) is 0 Å². The Morgan fingerprint density at radius 3 is 3.50 bits per heavy atom. The first-order valence-electron chi connectivity index (χ1n) is 3.53. The van der Waals surface area contributed by atoms with E-state index in [0.29, 0.717) is 6.04 Å². The van der Waals surface area contributed by atoms with Crippen molar-refractivity contribution in [1.29, 1.82) is 0 Å². The molecule has 54 valence electrons. The highest BCUT2D eigenvalue weighted by molar-refractivity contribution is 5.14. The fraction of sp³-hybridized carbons (Fsp3) is 0.571. The maximum Gasteiger partial charge on any atom is 0.181 e. The Morgan fingerprint density at radius 2 is 2.70 bits per heavy atom. The second kappa shape index (κ2) is 2.09. The van der Waals surface area contributed by atoms with Crippen LogP contribution in [0.5, 0.6) is 0 Å². The first kappa shape index (κ1) is 5.92. The smallest absolute Gasteiger partial charge is 0.181 e. The lowest BCUT2D eigenvalue weighted by Gasteiger charge is -2.16. The van der Waals surface area contributed by atoms with E-state index in [0.717, 1.165) is 24.4 Å². The van der Waals surface area contributed by atoms with Gasteiger partial charge in [0.2, 0.25) is 0 Å². The van der Waals surface area contributed by atoms with Gasteiger partial charge in [-0.3, -0.25) is 0 Å². The van der Waals surface area contributed by atoms with Crippen LogP contribution < -0.4 is 5.32 Å². The Morgan fingerprint density at radius 1 is 1.80 bits per heavy atom. The van der Waals surface area contributed by atoms with E-state index in [1.165, 1.54) is 6.39 Å². The molecule has 10 heavy (non-hydrogen) atoms. The number of hydrogen-bond acceptors (Lipinski definition) is 3. The molecule has 0 aliphatic carbocycles. The summed E-state index contributed by atoms with van der Waals surface area (Å²) in [5.74, 6) is 1.05. The van der Waals surface area contributed by atoms with Crippen molar-refractivity contribution >= 4 is 0 Å². The van der Waals surface area contributed by atoms with Crippen LogP contribution in [0.4, 0.5) is 0 Å². The van der Waals surface area contributed by atoms with Gasteiger partial charge in [-0.15, -0.1) is 0 Å². The molecule has 0 saturated heterocycles. The maximum atomic E-state index is 5.18. The third-order valence-corrected chi connectivity index (χ3v) is 1.89. The van der Waals surface area contributed by atoms with Crippen LogP contribution in [0, 0.1) is 0 Å². The number of aromatic nitrogens is 1. The standard InChI is InChI=1S/C7H10N2O/c1-5-7-6(2-3-8-5)10-4-9-7/h4-5,8H,2-3H2,1H3. The minimum atomic E-state index is 0.363. The summed E-state index contributed by atoms with van der Waals surface area (Å²) in [6.07, 6.45) is 2.49. The summed E-state index contributed by atoms with van der Waals surface area (Å²) in [7, 11) is 0. The topological polar surface area (TPSA) is 38.1 Å². The van der Waals surface area contributed by atoms with Crippen molar-refractivity contribution in [3.05, 3.63) is 17.8 Å². The summed E-state index contributed by atoms with van der Waals surface area (Å²) in [6, 6.07) is 0.363. The normalized spacial score (nSPS) is 24.3. The van der Waals surface area contributed by atoms with Crippen LogP contribution in [-0.2, 0) is 6.42 Å². The number of oxazole rings is 1. The van der Waals surface area contributed by atoms with Gasteiger partial charge in [0, 0.05) is 13.0 Å². The van der Waals surface area contributed by atoms with Gasteiger partial charge in [-0.05, 0) is 6.92 Å². The summed E-state index contributed by atoms with van der Waals surface area (Å²) >= 11 is 0. The quantitative estimate of drug-likeness (QED) is 0.578. The van der Waals surface area contributed by atoms with Gasteiger partial charge in [-0.2, -0.15) is 0 Å². The lowest BCUT2D eigenvalue weighted by molar-refractivity contribution is 0.446. The van der Waals surface area contributed by atoms with Gasteiger partial charge in [-0.1, -0.05) is 0 Å². The van der Waals surface area contributed by atoms with Crippen molar-refractivity contribution in [1.82, 2.24) is 10.3 Å². The zero-order chi connectivity index (χ0) is 6.97. The zero-order valence-electron chi connectivity index (χ0n) is 5.92. The first-order valence-corrected chi connectivity index (χ1v) is 3.53. The predicted molar refractivity (Wildman–Crippen MR) is 36.6 cm³/mol. The van der Waals surface area contributed by atoms with Crippen LogP contribution in [0.25, 0.3) is 0 Å². The summed E-state index contributed by atoms with van der Waals surface area (Å²) in [5, 5.41) is 3.30. The van der Waals surface area contributed by atoms with Crippen LogP contribution in [0.15, 0.2) is 10.8 Å². The van der Waals surface area contributed by atoms with E-state index in [2.05, 4.69) is 17.2 Å². The SMILES string of the molecule is CC1NCCc2ocnc21. The van der Waals surface area contributed by atoms with E-state index in [9.17, 15) is 0 Å². The minimum Gasteiger partial charge on any atom is -0.448 e. The van der Waals surface area contributed by atoms with Crippen molar-refractivity contribution < 1.29 is 4.42 Å². The zero-order valence-corrected chi connectivity index (χ0v) is 5.92. The molecule has 0 fully saturated rings. The Balaban J connectivity index is 2.41. The second-order valence-electron chi connectivity index (χ2n) is 2.59. The molecule has 2 rings (SSSR count). The lowest BCUT2D eigenvalue weighted by Crippen LogP contribution is -2.27. The second-order valence-corrected chi connectivity index (χ2v) is 2.59. The minimum absolute atomic E-state index is 0.363. The molecule has 1 aromatic rings. The van der Waals surface area contributed by atoms with E-state index >= 15 is 0 Å². The average molecular weight is 138 g/mol.